The molecule has 0 radical (unpaired) electrons. The molecule has 0 aromatic rings. The van der Waals surface area contributed by atoms with E-state index in [2.05, 4.69) is 33.8 Å². The van der Waals surface area contributed by atoms with Gasteiger partial charge in [0.05, 0.1) is 18.4 Å². The van der Waals surface area contributed by atoms with E-state index in [1.165, 1.54) is 12.8 Å². The lowest BCUT2D eigenvalue weighted by Gasteiger charge is -2.49. The molecule has 2 aliphatic heterocycles. The summed E-state index contributed by atoms with van der Waals surface area (Å²) in [6, 6.07) is 2.49. The van der Waals surface area contributed by atoms with Crippen LogP contribution in [0.3, 0.4) is 0 Å². The maximum atomic E-state index is 12.5. The second-order valence-corrected chi connectivity index (χ2v) is 10.7. The Labute approximate surface area is 185 Å². The predicted molar refractivity (Wildman–Crippen MR) is 117 cm³/mol. The van der Waals surface area contributed by atoms with E-state index < -0.39 is 5.41 Å². The fourth-order valence-corrected chi connectivity index (χ4v) is 5.72. The SMILES string of the molecule is CC1CCC(C2NCC(CNC(=O)C3(C#N)CC3)C(N3CCC(N)CC3)N2)CC1Cl. The number of likely N-dealkylation sites (tertiary alicyclic amines) is 1. The minimum absolute atomic E-state index is 0.0993. The molecule has 2 saturated heterocycles. The minimum Gasteiger partial charge on any atom is -0.354 e. The van der Waals surface area contributed by atoms with Crippen LogP contribution < -0.4 is 21.7 Å². The number of hydrogen-bond acceptors (Lipinski definition) is 6. The second-order valence-electron chi connectivity index (χ2n) is 10.1. The Bertz CT molecular complexity index is 657. The Hall–Kier alpha value is -0.910. The summed E-state index contributed by atoms with van der Waals surface area (Å²) in [5.41, 5.74) is 5.38. The molecule has 6 unspecified atom stereocenters. The van der Waals surface area contributed by atoms with E-state index >= 15 is 0 Å². The monoisotopic (exact) mass is 436 g/mol. The van der Waals surface area contributed by atoms with Crippen molar-refractivity contribution < 1.29 is 4.79 Å². The van der Waals surface area contributed by atoms with Crippen LogP contribution in [0.25, 0.3) is 0 Å². The summed E-state index contributed by atoms with van der Waals surface area (Å²) in [5.74, 6) is 1.27. The zero-order valence-corrected chi connectivity index (χ0v) is 18.8. The number of nitrogens with two attached hydrogens (primary N) is 1. The van der Waals surface area contributed by atoms with Gasteiger partial charge in [0.25, 0.3) is 0 Å². The lowest BCUT2D eigenvalue weighted by atomic mass is 9.80. The van der Waals surface area contributed by atoms with Crippen molar-refractivity contribution in [3.8, 4) is 6.07 Å². The number of piperidine rings is 1. The molecule has 4 aliphatic rings. The molecular formula is C22H37ClN6O. The first-order valence-electron chi connectivity index (χ1n) is 11.7. The van der Waals surface area contributed by atoms with E-state index in [0.29, 0.717) is 37.3 Å². The molecule has 0 spiro atoms. The first-order valence-corrected chi connectivity index (χ1v) is 12.2. The van der Waals surface area contributed by atoms with Gasteiger partial charge in [-0.2, -0.15) is 5.26 Å². The number of carbonyl (C=O) groups is 1. The molecule has 168 valence electrons. The molecule has 0 bridgehead atoms. The second kappa shape index (κ2) is 9.30. The van der Waals surface area contributed by atoms with Crippen molar-refractivity contribution in [2.24, 2.45) is 28.9 Å². The van der Waals surface area contributed by atoms with Gasteiger partial charge in [0, 0.05) is 43.5 Å². The highest BCUT2D eigenvalue weighted by Crippen LogP contribution is 2.45. The van der Waals surface area contributed by atoms with Crippen LogP contribution in [0.5, 0.6) is 0 Å². The van der Waals surface area contributed by atoms with Gasteiger partial charge in [0.1, 0.15) is 5.41 Å². The van der Waals surface area contributed by atoms with E-state index in [-0.39, 0.29) is 29.5 Å². The number of hydrogen-bond donors (Lipinski definition) is 4. The maximum absolute atomic E-state index is 12.5. The molecule has 1 amide bonds. The van der Waals surface area contributed by atoms with Gasteiger partial charge >= 0.3 is 0 Å². The molecule has 0 aromatic carbocycles. The van der Waals surface area contributed by atoms with Crippen LogP contribution in [0, 0.1) is 34.5 Å². The first-order chi connectivity index (χ1) is 14.4. The van der Waals surface area contributed by atoms with Crippen molar-refractivity contribution in [1.82, 2.24) is 20.9 Å². The van der Waals surface area contributed by atoms with E-state index in [9.17, 15) is 10.1 Å². The maximum Gasteiger partial charge on any atom is 0.240 e. The average Bonchev–Trinajstić information content (AvgIpc) is 3.56. The van der Waals surface area contributed by atoms with Crippen LogP contribution in [0.2, 0.25) is 0 Å². The lowest BCUT2D eigenvalue weighted by Crippen LogP contribution is -2.68. The van der Waals surface area contributed by atoms with Gasteiger partial charge in [0.15, 0.2) is 0 Å². The lowest BCUT2D eigenvalue weighted by molar-refractivity contribution is -0.124. The summed E-state index contributed by atoms with van der Waals surface area (Å²) in [4.78, 5) is 15.0. The number of alkyl halides is 1. The van der Waals surface area contributed by atoms with Gasteiger partial charge < -0.3 is 16.4 Å². The zero-order valence-electron chi connectivity index (χ0n) is 18.1. The van der Waals surface area contributed by atoms with Crippen molar-refractivity contribution >= 4 is 17.5 Å². The summed E-state index contributed by atoms with van der Waals surface area (Å²) in [5, 5.41) is 20.2. The molecule has 2 aliphatic carbocycles. The predicted octanol–water partition coefficient (Wildman–Crippen LogP) is 1.33. The van der Waals surface area contributed by atoms with Gasteiger partial charge in [0.2, 0.25) is 5.91 Å². The number of nitrogens with one attached hydrogen (secondary N) is 3. The highest BCUT2D eigenvalue weighted by molar-refractivity contribution is 6.20. The molecular weight excluding hydrogens is 400 g/mol. The van der Waals surface area contributed by atoms with E-state index in [4.69, 9.17) is 17.3 Å². The molecule has 2 heterocycles. The highest BCUT2D eigenvalue weighted by Gasteiger charge is 2.51. The smallest absolute Gasteiger partial charge is 0.240 e. The molecule has 8 heteroatoms. The molecule has 30 heavy (non-hydrogen) atoms. The molecule has 6 atom stereocenters. The van der Waals surface area contributed by atoms with Crippen LogP contribution in [0.15, 0.2) is 0 Å². The summed E-state index contributed by atoms with van der Waals surface area (Å²) >= 11 is 6.60. The summed E-state index contributed by atoms with van der Waals surface area (Å²) in [6.07, 6.45) is 7.26. The van der Waals surface area contributed by atoms with Gasteiger partial charge in [-0.05, 0) is 56.8 Å². The molecule has 0 aromatic heterocycles. The van der Waals surface area contributed by atoms with E-state index in [0.717, 1.165) is 38.9 Å². The van der Waals surface area contributed by atoms with Crippen molar-refractivity contribution in [3.63, 3.8) is 0 Å². The fourth-order valence-electron chi connectivity index (χ4n) is 5.36. The Morgan fingerprint density at radius 2 is 2.03 bits per heavy atom. The number of nitriles is 1. The largest absolute Gasteiger partial charge is 0.354 e. The first kappa shape index (κ1) is 22.3. The van der Waals surface area contributed by atoms with Gasteiger partial charge in [-0.1, -0.05) is 6.92 Å². The standard InChI is InChI=1S/C22H37ClN6O/c1-14-2-3-15(10-18(14)23)19-26-11-16(12-27-21(30)22(13-24)6-7-22)20(28-19)29-8-4-17(25)5-9-29/h14-20,26,28H,2-12,25H2,1H3,(H,27,30). The minimum atomic E-state index is -0.764. The van der Waals surface area contributed by atoms with Crippen LogP contribution in [-0.4, -0.2) is 60.7 Å². The Kier molecular flexibility index (Phi) is 6.91. The third kappa shape index (κ3) is 4.78. The van der Waals surface area contributed by atoms with Crippen LogP contribution in [0.4, 0.5) is 0 Å². The summed E-state index contributed by atoms with van der Waals surface area (Å²) in [7, 11) is 0. The molecule has 4 rings (SSSR count). The number of halogens is 1. The van der Waals surface area contributed by atoms with Gasteiger partial charge in [-0.25, -0.2) is 0 Å². The summed E-state index contributed by atoms with van der Waals surface area (Å²) in [6.45, 7) is 5.66. The molecule has 7 nitrogen and oxygen atoms in total. The third-order valence-electron chi connectivity index (χ3n) is 7.90. The number of rotatable bonds is 5. The Morgan fingerprint density at radius 1 is 1.30 bits per heavy atom. The fraction of sp³-hybridized carbons (Fsp3) is 0.909. The third-order valence-corrected chi connectivity index (χ3v) is 8.51. The Balaban J connectivity index is 1.39. The normalized spacial score (nSPS) is 39.8. The number of carbonyl (C=O) groups excluding carboxylic acids is 1. The van der Waals surface area contributed by atoms with E-state index in [1.807, 2.05) is 0 Å². The molecule has 5 N–H and O–H groups in total. The quantitative estimate of drug-likeness (QED) is 0.484. The summed E-state index contributed by atoms with van der Waals surface area (Å²) < 4.78 is 0. The van der Waals surface area contributed by atoms with Crippen molar-refractivity contribution in [2.45, 2.75) is 75.6 Å². The highest BCUT2D eigenvalue weighted by atomic mass is 35.5. The van der Waals surface area contributed by atoms with E-state index in [1.54, 1.807) is 0 Å². The average molecular weight is 437 g/mol. The van der Waals surface area contributed by atoms with Gasteiger partial charge in [-0.15, -0.1) is 11.6 Å². The number of amides is 1. The van der Waals surface area contributed by atoms with Gasteiger partial charge in [-0.3, -0.25) is 15.0 Å². The molecule has 4 fully saturated rings. The van der Waals surface area contributed by atoms with Crippen LogP contribution in [0.1, 0.15) is 51.9 Å². The topological polar surface area (TPSA) is 106 Å². The van der Waals surface area contributed by atoms with Crippen molar-refractivity contribution in [1.29, 1.82) is 5.26 Å². The zero-order chi connectivity index (χ0) is 21.3. The molecule has 2 saturated carbocycles. The number of nitrogens with zero attached hydrogens (tertiary/aromatic N) is 2. The van der Waals surface area contributed by atoms with Crippen molar-refractivity contribution in [3.05, 3.63) is 0 Å². The van der Waals surface area contributed by atoms with Crippen LogP contribution >= 0.6 is 11.6 Å². The Morgan fingerprint density at radius 3 is 2.67 bits per heavy atom. The van der Waals surface area contributed by atoms with Crippen molar-refractivity contribution in [2.75, 3.05) is 26.2 Å². The van der Waals surface area contributed by atoms with Crippen LogP contribution in [-0.2, 0) is 4.79 Å².